The van der Waals surface area contributed by atoms with Crippen molar-refractivity contribution >= 4 is 6.01 Å². The summed E-state index contributed by atoms with van der Waals surface area (Å²) in [6, 6.07) is 1.12. The molecule has 1 aromatic rings. The summed E-state index contributed by atoms with van der Waals surface area (Å²) in [6.07, 6.45) is 1.73. The smallest absolute Gasteiger partial charge is 0.297 e. The van der Waals surface area contributed by atoms with Crippen molar-refractivity contribution < 1.29 is 4.42 Å². The highest BCUT2D eigenvalue weighted by Gasteiger charge is 2.09. The molecule has 0 atom stereocenters. The molecule has 0 fully saturated rings. The van der Waals surface area contributed by atoms with Crippen LogP contribution in [0.2, 0.25) is 0 Å². The van der Waals surface area contributed by atoms with Gasteiger partial charge in [-0.05, 0) is 20.8 Å². The molecule has 0 aliphatic heterocycles. The fourth-order valence-electron chi connectivity index (χ4n) is 0.727. The summed E-state index contributed by atoms with van der Waals surface area (Å²) in [5.41, 5.74) is 0. The lowest BCUT2D eigenvalue weighted by Gasteiger charge is -2.18. The Hall–Kier alpha value is -0.990. The topological polar surface area (TPSA) is 29.3 Å². The van der Waals surface area contributed by atoms with Crippen molar-refractivity contribution in [3.63, 3.8) is 0 Å². The van der Waals surface area contributed by atoms with E-state index in [1.54, 1.807) is 6.20 Å². The van der Waals surface area contributed by atoms with Crippen LogP contribution in [-0.2, 0) is 0 Å². The summed E-state index contributed by atoms with van der Waals surface area (Å²) in [5.74, 6) is 0.854. The summed E-state index contributed by atoms with van der Waals surface area (Å²) < 4.78 is 5.32. The Morgan fingerprint density at radius 2 is 2.18 bits per heavy atom. The molecule has 62 valence electrons. The molecule has 0 amide bonds. The highest BCUT2D eigenvalue weighted by molar-refractivity contribution is 5.25. The predicted molar refractivity (Wildman–Crippen MR) is 44.8 cm³/mol. The number of aromatic nitrogens is 1. The Labute approximate surface area is 67.0 Å². The maximum Gasteiger partial charge on any atom is 0.297 e. The molecule has 0 spiro atoms. The van der Waals surface area contributed by atoms with Gasteiger partial charge in [-0.25, -0.2) is 4.98 Å². The van der Waals surface area contributed by atoms with Crippen LogP contribution in [0.4, 0.5) is 6.01 Å². The molecule has 3 nitrogen and oxygen atoms in total. The molecule has 0 aliphatic carbocycles. The molecule has 0 saturated heterocycles. The normalized spacial score (nSPS) is 10.6. The second-order valence-corrected chi connectivity index (χ2v) is 2.96. The van der Waals surface area contributed by atoms with E-state index < -0.39 is 0 Å². The highest BCUT2D eigenvalue weighted by atomic mass is 16.4. The van der Waals surface area contributed by atoms with Gasteiger partial charge in [-0.1, -0.05) is 0 Å². The monoisotopic (exact) mass is 154 g/mol. The minimum Gasteiger partial charge on any atom is -0.429 e. The number of anilines is 1. The van der Waals surface area contributed by atoms with E-state index in [2.05, 4.69) is 18.8 Å². The molecule has 0 saturated carbocycles. The minimum absolute atomic E-state index is 0.424. The number of oxazole rings is 1. The molecule has 0 aliphatic rings. The van der Waals surface area contributed by atoms with Crippen LogP contribution >= 0.6 is 0 Å². The molecule has 1 rings (SSSR count). The third-order valence-electron chi connectivity index (χ3n) is 1.69. The van der Waals surface area contributed by atoms with Crippen LogP contribution in [0.3, 0.4) is 0 Å². The van der Waals surface area contributed by atoms with E-state index in [1.807, 2.05) is 18.9 Å². The molecule has 3 heteroatoms. The van der Waals surface area contributed by atoms with Crippen LogP contribution in [0.25, 0.3) is 0 Å². The second kappa shape index (κ2) is 2.95. The van der Waals surface area contributed by atoms with Crippen LogP contribution in [0, 0.1) is 6.92 Å². The SMILES string of the molecule is Cc1cnc(N(C)C(C)C)o1. The van der Waals surface area contributed by atoms with Crippen molar-refractivity contribution in [3.05, 3.63) is 12.0 Å². The Kier molecular flexibility index (Phi) is 2.17. The summed E-state index contributed by atoms with van der Waals surface area (Å²) >= 11 is 0. The molecule has 0 N–H and O–H groups in total. The predicted octanol–water partition coefficient (Wildman–Crippen LogP) is 1.83. The summed E-state index contributed by atoms with van der Waals surface area (Å²) in [6.45, 7) is 6.09. The number of aryl methyl sites for hydroxylation is 1. The first-order valence-electron chi connectivity index (χ1n) is 3.76. The van der Waals surface area contributed by atoms with E-state index in [-0.39, 0.29) is 0 Å². The fourth-order valence-corrected chi connectivity index (χ4v) is 0.727. The number of rotatable bonds is 2. The standard InChI is InChI=1S/C8H14N2O/c1-6(2)10(4)8-9-5-7(3)11-8/h5-6H,1-4H3. The Balaban J connectivity index is 2.76. The van der Waals surface area contributed by atoms with Crippen molar-refractivity contribution in [1.82, 2.24) is 4.98 Å². The van der Waals surface area contributed by atoms with Gasteiger partial charge in [0, 0.05) is 13.1 Å². The van der Waals surface area contributed by atoms with Gasteiger partial charge >= 0.3 is 0 Å². The first kappa shape index (κ1) is 8.11. The molecular formula is C8H14N2O. The van der Waals surface area contributed by atoms with Crippen molar-refractivity contribution in [1.29, 1.82) is 0 Å². The van der Waals surface area contributed by atoms with E-state index in [4.69, 9.17) is 4.42 Å². The van der Waals surface area contributed by atoms with Crippen molar-refractivity contribution in [2.45, 2.75) is 26.8 Å². The van der Waals surface area contributed by atoms with Gasteiger partial charge in [-0.15, -0.1) is 0 Å². The Morgan fingerprint density at radius 3 is 2.55 bits per heavy atom. The highest BCUT2D eigenvalue weighted by Crippen LogP contribution is 2.13. The quantitative estimate of drug-likeness (QED) is 0.650. The third kappa shape index (κ3) is 1.73. The van der Waals surface area contributed by atoms with E-state index >= 15 is 0 Å². The van der Waals surface area contributed by atoms with Gasteiger partial charge in [0.25, 0.3) is 6.01 Å². The van der Waals surface area contributed by atoms with Gasteiger partial charge in [-0.2, -0.15) is 0 Å². The first-order valence-corrected chi connectivity index (χ1v) is 3.76. The zero-order chi connectivity index (χ0) is 8.43. The maximum absolute atomic E-state index is 5.32. The van der Waals surface area contributed by atoms with Gasteiger partial charge in [0.05, 0.1) is 6.20 Å². The zero-order valence-electron chi connectivity index (χ0n) is 7.46. The molecule has 0 unspecified atom stereocenters. The summed E-state index contributed by atoms with van der Waals surface area (Å²) in [4.78, 5) is 6.09. The lowest BCUT2D eigenvalue weighted by Crippen LogP contribution is -2.25. The Bertz CT molecular complexity index is 230. The second-order valence-electron chi connectivity index (χ2n) is 2.96. The average Bonchev–Trinajstić information content (AvgIpc) is 2.34. The molecule has 0 bridgehead atoms. The van der Waals surface area contributed by atoms with Crippen LogP contribution in [0.5, 0.6) is 0 Å². The van der Waals surface area contributed by atoms with Crippen LogP contribution in [0.1, 0.15) is 19.6 Å². The largest absolute Gasteiger partial charge is 0.429 e. The van der Waals surface area contributed by atoms with E-state index in [9.17, 15) is 0 Å². The van der Waals surface area contributed by atoms with Crippen LogP contribution in [0.15, 0.2) is 10.6 Å². The molecular weight excluding hydrogens is 140 g/mol. The molecule has 1 aromatic heterocycles. The first-order chi connectivity index (χ1) is 5.11. The average molecular weight is 154 g/mol. The van der Waals surface area contributed by atoms with Gasteiger partial charge in [0.2, 0.25) is 0 Å². The van der Waals surface area contributed by atoms with Gasteiger partial charge in [0.15, 0.2) is 0 Å². The van der Waals surface area contributed by atoms with E-state index in [0.29, 0.717) is 12.1 Å². The van der Waals surface area contributed by atoms with Gasteiger partial charge in [0.1, 0.15) is 5.76 Å². The third-order valence-corrected chi connectivity index (χ3v) is 1.69. The number of hydrogen-bond donors (Lipinski definition) is 0. The van der Waals surface area contributed by atoms with E-state index in [0.717, 1.165) is 5.76 Å². The number of nitrogens with zero attached hydrogens (tertiary/aromatic N) is 2. The van der Waals surface area contributed by atoms with Gasteiger partial charge in [-0.3, -0.25) is 0 Å². The van der Waals surface area contributed by atoms with Crippen molar-refractivity contribution in [3.8, 4) is 0 Å². The molecule has 0 aromatic carbocycles. The van der Waals surface area contributed by atoms with Crippen molar-refractivity contribution in [2.75, 3.05) is 11.9 Å². The van der Waals surface area contributed by atoms with Gasteiger partial charge < -0.3 is 9.32 Å². The zero-order valence-corrected chi connectivity index (χ0v) is 7.46. The minimum atomic E-state index is 0.424. The summed E-state index contributed by atoms with van der Waals surface area (Å²) in [7, 11) is 1.97. The Morgan fingerprint density at radius 1 is 1.55 bits per heavy atom. The number of hydrogen-bond acceptors (Lipinski definition) is 3. The lowest BCUT2D eigenvalue weighted by atomic mass is 10.4. The molecule has 0 radical (unpaired) electrons. The van der Waals surface area contributed by atoms with Crippen molar-refractivity contribution in [2.24, 2.45) is 0 Å². The maximum atomic E-state index is 5.32. The van der Waals surface area contributed by atoms with Crippen LogP contribution < -0.4 is 4.90 Å². The fraction of sp³-hybridized carbons (Fsp3) is 0.625. The molecule has 11 heavy (non-hydrogen) atoms. The summed E-state index contributed by atoms with van der Waals surface area (Å²) in [5, 5.41) is 0. The molecule has 1 heterocycles. The van der Waals surface area contributed by atoms with E-state index in [1.165, 1.54) is 0 Å². The van der Waals surface area contributed by atoms with Crippen LogP contribution in [-0.4, -0.2) is 18.1 Å². The lowest BCUT2D eigenvalue weighted by molar-refractivity contribution is 0.506.